The molecule has 0 saturated carbocycles. The molecule has 2 aromatic heterocycles. The van der Waals surface area contributed by atoms with E-state index in [-0.39, 0.29) is 17.8 Å². The molecule has 1 saturated heterocycles. The fourth-order valence-corrected chi connectivity index (χ4v) is 4.18. The van der Waals surface area contributed by atoms with Crippen molar-refractivity contribution in [3.63, 3.8) is 0 Å². The molecular formula is C23H27N7O. The van der Waals surface area contributed by atoms with E-state index >= 15 is 0 Å². The van der Waals surface area contributed by atoms with Crippen molar-refractivity contribution in [3.05, 3.63) is 47.5 Å². The van der Waals surface area contributed by atoms with Gasteiger partial charge < -0.3 is 9.47 Å². The quantitative estimate of drug-likeness (QED) is 0.685. The van der Waals surface area contributed by atoms with E-state index in [1.165, 1.54) is 0 Å². The molecule has 0 spiro atoms. The van der Waals surface area contributed by atoms with Gasteiger partial charge in [0.05, 0.1) is 22.8 Å². The monoisotopic (exact) mass is 417 g/mol. The lowest BCUT2D eigenvalue weighted by molar-refractivity contribution is -0.121. The Balaban J connectivity index is 1.64. The summed E-state index contributed by atoms with van der Waals surface area (Å²) in [5.41, 5.74) is 3.20. The maximum atomic E-state index is 12.7. The van der Waals surface area contributed by atoms with Gasteiger partial charge in [0.25, 0.3) is 0 Å². The first-order valence-corrected chi connectivity index (χ1v) is 10.7. The normalized spacial score (nSPS) is 16.2. The number of nitriles is 1. The van der Waals surface area contributed by atoms with Crippen molar-refractivity contribution in [1.82, 2.24) is 24.4 Å². The zero-order valence-corrected chi connectivity index (χ0v) is 18.2. The summed E-state index contributed by atoms with van der Waals surface area (Å²) < 4.78 is 2.04. The highest BCUT2D eigenvalue weighted by atomic mass is 16.2. The molecule has 160 valence electrons. The summed E-state index contributed by atoms with van der Waals surface area (Å²) in [7, 11) is 2.06. The molecule has 1 amide bonds. The summed E-state index contributed by atoms with van der Waals surface area (Å²) in [6, 6.07) is 10.2. The van der Waals surface area contributed by atoms with Gasteiger partial charge in [-0.05, 0) is 64.5 Å². The van der Waals surface area contributed by atoms with Crippen LogP contribution in [0.4, 0.5) is 5.95 Å². The van der Waals surface area contributed by atoms with Crippen LogP contribution in [0.15, 0.2) is 30.5 Å². The summed E-state index contributed by atoms with van der Waals surface area (Å²) in [6.45, 7) is 6.41. The molecule has 1 fully saturated rings. The minimum absolute atomic E-state index is 0.0411. The minimum atomic E-state index is -0.658. The molecule has 8 heteroatoms. The molecule has 3 heterocycles. The van der Waals surface area contributed by atoms with Crippen LogP contribution in [0.5, 0.6) is 0 Å². The maximum Gasteiger partial charge on any atom is 0.229 e. The van der Waals surface area contributed by atoms with Crippen molar-refractivity contribution in [2.45, 2.75) is 39.2 Å². The van der Waals surface area contributed by atoms with E-state index in [9.17, 15) is 10.1 Å². The third-order valence-corrected chi connectivity index (χ3v) is 6.00. The highest BCUT2D eigenvalue weighted by Gasteiger charge is 2.27. The Hall–Kier alpha value is -3.31. The van der Waals surface area contributed by atoms with Gasteiger partial charge in [0, 0.05) is 18.7 Å². The first kappa shape index (κ1) is 20.9. The fraction of sp³-hybridized carbons (Fsp3) is 0.435. The molecule has 1 atom stereocenters. The van der Waals surface area contributed by atoms with Crippen molar-refractivity contribution < 1.29 is 4.79 Å². The van der Waals surface area contributed by atoms with Gasteiger partial charge in [-0.25, -0.2) is 15.0 Å². The molecular weight excluding hydrogens is 390 g/mol. The number of nitrogens with one attached hydrogen (secondary N) is 1. The van der Waals surface area contributed by atoms with Crippen LogP contribution in [0.2, 0.25) is 0 Å². The number of carbonyl (C=O) groups is 1. The predicted octanol–water partition coefficient (Wildman–Crippen LogP) is 3.09. The minimum Gasteiger partial charge on any atom is -0.327 e. The summed E-state index contributed by atoms with van der Waals surface area (Å²) in [6.07, 6.45) is 3.31. The smallest absolute Gasteiger partial charge is 0.229 e. The number of likely N-dealkylation sites (tertiary alicyclic amines) is 1. The number of carbonyl (C=O) groups excluding carboxylic acids is 1. The number of fused-ring (bicyclic) bond motifs is 1. The van der Waals surface area contributed by atoms with Crippen molar-refractivity contribution in [1.29, 1.82) is 5.26 Å². The van der Waals surface area contributed by atoms with E-state index in [0.717, 1.165) is 42.5 Å². The molecule has 31 heavy (non-hydrogen) atoms. The number of hydrogen-bond donors (Lipinski definition) is 1. The number of imidazole rings is 1. The maximum absolute atomic E-state index is 12.7. The Labute approximate surface area is 181 Å². The molecule has 1 aromatic carbocycles. The van der Waals surface area contributed by atoms with Crippen LogP contribution >= 0.6 is 0 Å². The fourth-order valence-electron chi connectivity index (χ4n) is 4.18. The van der Waals surface area contributed by atoms with E-state index < -0.39 is 5.92 Å². The molecule has 1 N–H and O–H groups in total. The highest BCUT2D eigenvalue weighted by Crippen LogP contribution is 2.28. The number of benzene rings is 1. The summed E-state index contributed by atoms with van der Waals surface area (Å²) in [5, 5.41) is 12.9. The van der Waals surface area contributed by atoms with Gasteiger partial charge in [0.1, 0.15) is 11.7 Å². The summed E-state index contributed by atoms with van der Waals surface area (Å²) in [5.74, 6) is 0.136. The number of anilines is 1. The Bertz CT molecular complexity index is 1140. The van der Waals surface area contributed by atoms with E-state index in [4.69, 9.17) is 4.98 Å². The Morgan fingerprint density at radius 2 is 2.03 bits per heavy atom. The van der Waals surface area contributed by atoms with Gasteiger partial charge in [-0.1, -0.05) is 12.1 Å². The Kier molecular flexibility index (Phi) is 5.96. The standard InChI is InChI=1S/C23H27N7O/c1-4-30-19-8-6-5-7-18(19)26-21(30)17(13-24)20-15(2)14-25-23(27-20)28-22(31)16-9-11-29(3)12-10-16/h5-8,14,16-17H,4,9-12H2,1-3H3,(H,25,27,28,31). The second kappa shape index (κ2) is 8.82. The van der Waals surface area contributed by atoms with Crippen molar-refractivity contribution >= 4 is 22.9 Å². The predicted molar refractivity (Wildman–Crippen MR) is 118 cm³/mol. The number of aryl methyl sites for hydroxylation is 2. The molecule has 1 unspecified atom stereocenters. The number of hydrogen-bond acceptors (Lipinski definition) is 6. The first-order chi connectivity index (χ1) is 15.0. The Morgan fingerprint density at radius 3 is 2.74 bits per heavy atom. The number of rotatable bonds is 5. The van der Waals surface area contributed by atoms with E-state index in [0.29, 0.717) is 18.1 Å². The second-order valence-corrected chi connectivity index (χ2v) is 8.09. The van der Waals surface area contributed by atoms with Crippen LogP contribution in [-0.2, 0) is 11.3 Å². The van der Waals surface area contributed by atoms with Crippen molar-refractivity contribution in [3.8, 4) is 6.07 Å². The van der Waals surface area contributed by atoms with Gasteiger partial charge in [-0.15, -0.1) is 0 Å². The highest BCUT2D eigenvalue weighted by molar-refractivity contribution is 5.91. The first-order valence-electron chi connectivity index (χ1n) is 10.7. The third kappa shape index (κ3) is 4.14. The van der Waals surface area contributed by atoms with Crippen molar-refractivity contribution in [2.75, 3.05) is 25.5 Å². The Morgan fingerprint density at radius 1 is 1.29 bits per heavy atom. The topological polar surface area (TPSA) is 99.7 Å². The number of para-hydroxylation sites is 2. The van der Waals surface area contributed by atoms with Gasteiger partial charge in [0.2, 0.25) is 11.9 Å². The molecule has 0 bridgehead atoms. The largest absolute Gasteiger partial charge is 0.327 e. The second-order valence-electron chi connectivity index (χ2n) is 8.09. The zero-order valence-electron chi connectivity index (χ0n) is 18.2. The van der Waals surface area contributed by atoms with Crippen LogP contribution in [0.1, 0.15) is 42.8 Å². The molecule has 8 nitrogen and oxygen atoms in total. The SMILES string of the molecule is CCn1c(C(C#N)c2nc(NC(=O)C3CCN(C)CC3)ncc2C)nc2ccccc21. The number of piperidine rings is 1. The average Bonchev–Trinajstić information content (AvgIpc) is 3.15. The molecule has 0 radical (unpaired) electrons. The van der Waals surface area contributed by atoms with Gasteiger partial charge in [0.15, 0.2) is 0 Å². The molecule has 0 aliphatic carbocycles. The van der Waals surface area contributed by atoms with E-state index in [2.05, 4.69) is 33.3 Å². The molecule has 1 aliphatic heterocycles. The van der Waals surface area contributed by atoms with Crippen LogP contribution in [-0.4, -0.2) is 50.5 Å². The molecule has 3 aromatic rings. The van der Waals surface area contributed by atoms with Crippen LogP contribution < -0.4 is 5.32 Å². The lowest BCUT2D eigenvalue weighted by atomic mass is 9.96. The number of amides is 1. The molecule has 1 aliphatic rings. The van der Waals surface area contributed by atoms with Crippen LogP contribution in [0.25, 0.3) is 11.0 Å². The van der Waals surface area contributed by atoms with Gasteiger partial charge in [-0.3, -0.25) is 10.1 Å². The number of nitrogens with zero attached hydrogens (tertiary/aromatic N) is 6. The molecule has 4 rings (SSSR count). The van der Waals surface area contributed by atoms with E-state index in [1.807, 2.05) is 42.7 Å². The lowest BCUT2D eigenvalue weighted by Gasteiger charge is -2.27. The van der Waals surface area contributed by atoms with Crippen LogP contribution in [0, 0.1) is 24.2 Å². The lowest BCUT2D eigenvalue weighted by Crippen LogP contribution is -2.36. The van der Waals surface area contributed by atoms with Crippen molar-refractivity contribution in [2.24, 2.45) is 5.92 Å². The summed E-state index contributed by atoms with van der Waals surface area (Å²) in [4.78, 5) is 28.5. The summed E-state index contributed by atoms with van der Waals surface area (Å²) >= 11 is 0. The van der Waals surface area contributed by atoms with Crippen LogP contribution in [0.3, 0.4) is 0 Å². The third-order valence-electron chi connectivity index (χ3n) is 6.00. The zero-order chi connectivity index (χ0) is 22.0. The van der Waals surface area contributed by atoms with Gasteiger partial charge in [-0.2, -0.15) is 5.26 Å². The number of aromatic nitrogens is 4. The average molecular weight is 418 g/mol. The van der Waals surface area contributed by atoms with E-state index in [1.54, 1.807) is 6.20 Å². The van der Waals surface area contributed by atoms with Gasteiger partial charge >= 0.3 is 0 Å².